The Bertz CT molecular complexity index is 481. The van der Waals surface area contributed by atoms with Gasteiger partial charge in [0.15, 0.2) is 5.78 Å². The molecule has 0 aromatic rings. The molecule has 0 unspecified atom stereocenters. The molecule has 0 bridgehead atoms. The van der Waals surface area contributed by atoms with Crippen LogP contribution in [0.25, 0.3) is 0 Å². The highest BCUT2D eigenvalue weighted by molar-refractivity contribution is 6.26. The summed E-state index contributed by atoms with van der Waals surface area (Å²) in [6.07, 6.45) is 1.26. The average molecular weight is 311 g/mol. The first-order chi connectivity index (χ1) is 10.3. The Morgan fingerprint density at radius 3 is 2.45 bits per heavy atom. The van der Waals surface area contributed by atoms with Crippen molar-refractivity contribution in [2.24, 2.45) is 22.4 Å². The maximum absolute atomic E-state index is 12.8. The number of rotatable bonds is 6. The van der Waals surface area contributed by atoms with Crippen molar-refractivity contribution in [3.63, 3.8) is 0 Å². The van der Waals surface area contributed by atoms with Crippen molar-refractivity contribution in [3.8, 4) is 0 Å². The normalized spacial score (nSPS) is 25.9. The van der Waals surface area contributed by atoms with E-state index >= 15 is 0 Å². The monoisotopic (exact) mass is 311 g/mol. The number of carbonyl (C=O) groups excluding carboxylic acids is 3. The van der Waals surface area contributed by atoms with Gasteiger partial charge in [0.25, 0.3) is 0 Å². The molecular formula is C16H25NO5. The molecule has 0 N–H and O–H groups in total. The molecule has 0 spiro atoms. The first-order valence-electron chi connectivity index (χ1n) is 7.63. The molecule has 0 aliphatic heterocycles. The number of ether oxygens (including phenoxy) is 1. The van der Waals surface area contributed by atoms with Crippen LogP contribution in [0.1, 0.15) is 47.0 Å². The van der Waals surface area contributed by atoms with Crippen LogP contribution in [0.3, 0.4) is 0 Å². The van der Waals surface area contributed by atoms with Gasteiger partial charge in [-0.1, -0.05) is 25.9 Å². The van der Waals surface area contributed by atoms with E-state index in [2.05, 4.69) is 5.16 Å². The Morgan fingerprint density at radius 1 is 1.32 bits per heavy atom. The van der Waals surface area contributed by atoms with Gasteiger partial charge < -0.3 is 9.57 Å². The second-order valence-corrected chi connectivity index (χ2v) is 6.17. The van der Waals surface area contributed by atoms with Crippen molar-refractivity contribution >= 4 is 23.2 Å². The third-order valence-electron chi connectivity index (χ3n) is 3.89. The highest BCUT2D eigenvalue weighted by Crippen LogP contribution is 2.41. The van der Waals surface area contributed by atoms with Crippen LogP contribution in [0.4, 0.5) is 0 Å². The minimum atomic E-state index is -0.997. The minimum absolute atomic E-state index is 0.213. The standard InChI is InChI=1S/C16H25NO5/c1-6-8-11(18)12-10(17-22-7-2)9-16(3,4)13(14(12)19)15(20)21-5/h12-13H,6-9H2,1-5H3/b17-10+/t12-,13-/m1/s1. The van der Waals surface area contributed by atoms with Crippen LogP contribution in [0, 0.1) is 17.3 Å². The summed E-state index contributed by atoms with van der Waals surface area (Å²) in [5.74, 6) is -3.19. The molecule has 1 rings (SSSR count). The fraction of sp³-hybridized carbons (Fsp3) is 0.750. The smallest absolute Gasteiger partial charge is 0.316 e. The van der Waals surface area contributed by atoms with E-state index in [0.29, 0.717) is 25.2 Å². The molecule has 0 radical (unpaired) electrons. The Morgan fingerprint density at radius 2 is 1.95 bits per heavy atom. The Kier molecular flexibility index (Phi) is 6.26. The third-order valence-corrected chi connectivity index (χ3v) is 3.89. The van der Waals surface area contributed by atoms with Crippen molar-refractivity contribution < 1.29 is 24.0 Å². The van der Waals surface area contributed by atoms with Gasteiger partial charge in [-0.15, -0.1) is 0 Å². The van der Waals surface area contributed by atoms with Gasteiger partial charge in [0.1, 0.15) is 24.2 Å². The fourth-order valence-electron chi connectivity index (χ4n) is 2.91. The predicted octanol–water partition coefficient (Wildman–Crippen LogP) is 2.15. The van der Waals surface area contributed by atoms with Crippen LogP contribution < -0.4 is 0 Å². The molecule has 1 fully saturated rings. The Labute approximate surface area is 131 Å². The second-order valence-electron chi connectivity index (χ2n) is 6.17. The summed E-state index contributed by atoms with van der Waals surface area (Å²) in [4.78, 5) is 42.2. The molecule has 124 valence electrons. The zero-order valence-corrected chi connectivity index (χ0v) is 14.0. The van der Waals surface area contributed by atoms with Gasteiger partial charge in [-0.3, -0.25) is 14.4 Å². The molecule has 1 aliphatic rings. The summed E-state index contributed by atoms with van der Waals surface area (Å²) in [5.41, 5.74) is -0.251. The minimum Gasteiger partial charge on any atom is -0.468 e. The van der Waals surface area contributed by atoms with Gasteiger partial charge in [0, 0.05) is 6.42 Å². The molecule has 1 saturated carbocycles. The lowest BCUT2D eigenvalue weighted by Gasteiger charge is -2.39. The van der Waals surface area contributed by atoms with Crippen molar-refractivity contribution in [2.45, 2.75) is 47.0 Å². The van der Waals surface area contributed by atoms with Crippen molar-refractivity contribution in [1.29, 1.82) is 0 Å². The van der Waals surface area contributed by atoms with Gasteiger partial charge in [0.05, 0.1) is 12.8 Å². The molecule has 0 aromatic carbocycles. The molecule has 22 heavy (non-hydrogen) atoms. The van der Waals surface area contributed by atoms with E-state index in [1.54, 1.807) is 20.8 Å². The largest absolute Gasteiger partial charge is 0.468 e. The Balaban J connectivity index is 3.25. The van der Waals surface area contributed by atoms with Crippen LogP contribution in [0.2, 0.25) is 0 Å². The number of oxime groups is 1. The molecule has 0 heterocycles. The molecule has 6 nitrogen and oxygen atoms in total. The van der Waals surface area contributed by atoms with Crippen LogP contribution in [0.15, 0.2) is 5.16 Å². The molecule has 2 atom stereocenters. The van der Waals surface area contributed by atoms with Crippen LogP contribution in [-0.4, -0.2) is 37.0 Å². The van der Waals surface area contributed by atoms with Crippen molar-refractivity contribution in [1.82, 2.24) is 0 Å². The van der Waals surface area contributed by atoms with Crippen molar-refractivity contribution in [2.75, 3.05) is 13.7 Å². The second kappa shape index (κ2) is 7.51. The van der Waals surface area contributed by atoms with E-state index in [1.807, 2.05) is 6.92 Å². The number of hydrogen-bond donors (Lipinski definition) is 0. The zero-order valence-electron chi connectivity index (χ0n) is 14.0. The molecule has 0 amide bonds. The molecular weight excluding hydrogens is 286 g/mol. The topological polar surface area (TPSA) is 82.0 Å². The van der Waals surface area contributed by atoms with E-state index in [-0.39, 0.29) is 12.2 Å². The third kappa shape index (κ3) is 3.72. The SMILES string of the molecule is CCCC(=O)[C@@H]1C(=O)[C@H](C(=O)OC)C(C)(C)C/C1=N\OCC. The van der Waals surface area contributed by atoms with Gasteiger partial charge in [-0.25, -0.2) is 0 Å². The number of carbonyl (C=O) groups is 3. The molecule has 1 aliphatic carbocycles. The van der Waals surface area contributed by atoms with Gasteiger partial charge in [-0.2, -0.15) is 0 Å². The zero-order chi connectivity index (χ0) is 16.9. The lowest BCUT2D eigenvalue weighted by molar-refractivity contribution is -0.156. The Hall–Kier alpha value is -1.72. The van der Waals surface area contributed by atoms with E-state index < -0.39 is 29.0 Å². The highest BCUT2D eigenvalue weighted by atomic mass is 16.6. The first kappa shape index (κ1) is 18.3. The lowest BCUT2D eigenvalue weighted by Crippen LogP contribution is -2.52. The summed E-state index contributed by atoms with van der Waals surface area (Å²) < 4.78 is 4.76. The number of nitrogens with zero attached hydrogens (tertiary/aromatic N) is 1. The summed E-state index contributed by atoms with van der Waals surface area (Å²) >= 11 is 0. The van der Waals surface area contributed by atoms with E-state index in [4.69, 9.17) is 9.57 Å². The summed E-state index contributed by atoms with van der Waals surface area (Å²) in [6.45, 7) is 7.60. The van der Waals surface area contributed by atoms with Gasteiger partial charge in [-0.05, 0) is 25.2 Å². The summed E-state index contributed by atoms with van der Waals surface area (Å²) in [7, 11) is 1.25. The lowest BCUT2D eigenvalue weighted by atomic mass is 9.62. The predicted molar refractivity (Wildman–Crippen MR) is 81.4 cm³/mol. The number of methoxy groups -OCH3 is 1. The van der Waals surface area contributed by atoms with Crippen molar-refractivity contribution in [3.05, 3.63) is 0 Å². The number of ketones is 2. The number of hydrogen-bond acceptors (Lipinski definition) is 6. The maximum Gasteiger partial charge on any atom is 0.316 e. The number of esters is 1. The van der Waals surface area contributed by atoms with Crippen LogP contribution >= 0.6 is 0 Å². The maximum atomic E-state index is 12.8. The number of Topliss-reactive ketones (excluding diaryl/α,β-unsaturated/α-hetero) is 2. The highest BCUT2D eigenvalue weighted by Gasteiger charge is 2.52. The van der Waals surface area contributed by atoms with Crippen LogP contribution in [-0.2, 0) is 24.0 Å². The van der Waals surface area contributed by atoms with E-state index in [1.165, 1.54) is 7.11 Å². The molecule has 0 aromatic heterocycles. The van der Waals surface area contributed by atoms with Gasteiger partial charge in [0.2, 0.25) is 0 Å². The first-order valence-corrected chi connectivity index (χ1v) is 7.63. The molecule has 0 saturated heterocycles. The summed E-state index contributed by atoms with van der Waals surface area (Å²) in [6, 6.07) is 0. The average Bonchev–Trinajstić information content (AvgIpc) is 2.43. The molecule has 6 heteroatoms. The van der Waals surface area contributed by atoms with Gasteiger partial charge >= 0.3 is 5.97 Å². The quantitative estimate of drug-likeness (QED) is 0.426. The van der Waals surface area contributed by atoms with Crippen LogP contribution in [0.5, 0.6) is 0 Å². The van der Waals surface area contributed by atoms with E-state index in [0.717, 1.165) is 0 Å². The fourth-order valence-corrected chi connectivity index (χ4v) is 2.91. The van der Waals surface area contributed by atoms with E-state index in [9.17, 15) is 14.4 Å². The summed E-state index contributed by atoms with van der Waals surface area (Å²) in [5, 5.41) is 3.97.